The minimum atomic E-state index is -0.687. The molecule has 6 nitrogen and oxygen atoms in total. The van der Waals surface area contributed by atoms with Crippen molar-refractivity contribution in [2.24, 2.45) is 0 Å². The van der Waals surface area contributed by atoms with E-state index in [1.807, 2.05) is 20.8 Å². The van der Waals surface area contributed by atoms with Gasteiger partial charge in [-0.3, -0.25) is 14.9 Å². The quantitative estimate of drug-likeness (QED) is 0.661. The van der Waals surface area contributed by atoms with Crippen molar-refractivity contribution in [2.75, 3.05) is 5.32 Å². The molecule has 1 aromatic rings. The molecule has 1 unspecified atom stereocenters. The van der Waals surface area contributed by atoms with Gasteiger partial charge in [0.2, 0.25) is 5.91 Å². The third-order valence-electron chi connectivity index (χ3n) is 2.74. The summed E-state index contributed by atoms with van der Waals surface area (Å²) in [6, 6.07) is 1.49. The predicted octanol–water partition coefficient (Wildman–Crippen LogP) is 2.76. The molecule has 7 heteroatoms. The Morgan fingerprint density at radius 1 is 1.38 bits per heavy atom. The maximum Gasteiger partial charge on any atom is 0.295 e. The van der Waals surface area contributed by atoms with Crippen molar-refractivity contribution in [3.05, 3.63) is 33.6 Å². The van der Waals surface area contributed by atoms with Gasteiger partial charge in [0, 0.05) is 5.54 Å². The number of hydrogen-bond acceptors (Lipinski definition) is 4. The molecule has 0 aliphatic heterocycles. The maximum atomic E-state index is 13.4. The largest absolute Gasteiger partial charge is 0.368 e. The van der Waals surface area contributed by atoms with Gasteiger partial charge in [0.15, 0.2) is 0 Å². The minimum absolute atomic E-state index is 0.121. The lowest BCUT2D eigenvalue weighted by Gasteiger charge is -2.24. The van der Waals surface area contributed by atoms with Gasteiger partial charge in [0.25, 0.3) is 5.69 Å². The second kappa shape index (κ2) is 6.07. The zero-order chi connectivity index (χ0) is 16.4. The molecule has 0 spiro atoms. The van der Waals surface area contributed by atoms with Gasteiger partial charge in [-0.2, -0.15) is 0 Å². The average Bonchev–Trinajstić information content (AvgIpc) is 2.30. The highest BCUT2D eigenvalue weighted by Gasteiger charge is 2.23. The highest BCUT2D eigenvalue weighted by molar-refractivity contribution is 5.85. The van der Waals surface area contributed by atoms with E-state index in [1.165, 1.54) is 13.0 Å². The highest BCUT2D eigenvalue weighted by Crippen LogP contribution is 2.28. The van der Waals surface area contributed by atoms with E-state index in [-0.39, 0.29) is 17.2 Å². The smallest absolute Gasteiger partial charge is 0.295 e. The average molecular weight is 297 g/mol. The SMILES string of the molecule is Cc1cc(NC(C)C(=O)NC(C)(C)C)c([N+](=O)[O-])cc1F. The summed E-state index contributed by atoms with van der Waals surface area (Å²) in [5.41, 5.74) is -0.409. The van der Waals surface area contributed by atoms with E-state index >= 15 is 0 Å². The van der Waals surface area contributed by atoms with Crippen LogP contribution in [0, 0.1) is 22.9 Å². The molecule has 0 aliphatic carbocycles. The van der Waals surface area contributed by atoms with Crippen molar-refractivity contribution in [1.29, 1.82) is 0 Å². The molecule has 0 fully saturated rings. The first-order valence-electron chi connectivity index (χ1n) is 6.54. The monoisotopic (exact) mass is 297 g/mol. The van der Waals surface area contributed by atoms with Crippen molar-refractivity contribution in [3.63, 3.8) is 0 Å². The summed E-state index contributed by atoms with van der Waals surface area (Å²) in [6.45, 7) is 8.60. The Kier molecular flexibility index (Phi) is 4.88. The molecule has 0 heterocycles. The molecule has 0 aliphatic rings. The minimum Gasteiger partial charge on any atom is -0.368 e. The van der Waals surface area contributed by atoms with Crippen molar-refractivity contribution in [2.45, 2.75) is 46.2 Å². The first-order valence-corrected chi connectivity index (χ1v) is 6.54. The molecule has 0 saturated heterocycles. The summed E-state index contributed by atoms with van der Waals surface area (Å²) < 4.78 is 13.4. The van der Waals surface area contributed by atoms with E-state index in [9.17, 15) is 19.3 Å². The van der Waals surface area contributed by atoms with E-state index in [1.54, 1.807) is 6.92 Å². The number of carbonyl (C=O) groups excluding carboxylic acids is 1. The van der Waals surface area contributed by atoms with Crippen LogP contribution in [0.15, 0.2) is 12.1 Å². The van der Waals surface area contributed by atoms with Crippen LogP contribution < -0.4 is 10.6 Å². The Hall–Kier alpha value is -2.18. The fraction of sp³-hybridized carbons (Fsp3) is 0.500. The van der Waals surface area contributed by atoms with E-state index in [0.717, 1.165) is 6.07 Å². The summed E-state index contributed by atoms with van der Waals surface area (Å²) in [6.07, 6.45) is 0. The molecule has 1 atom stereocenters. The van der Waals surface area contributed by atoms with E-state index in [2.05, 4.69) is 10.6 Å². The van der Waals surface area contributed by atoms with Crippen LogP contribution in [0.1, 0.15) is 33.3 Å². The normalized spacial score (nSPS) is 12.7. The van der Waals surface area contributed by atoms with Gasteiger partial charge in [-0.05, 0) is 46.2 Å². The molecule has 0 aromatic heterocycles. The zero-order valence-electron chi connectivity index (χ0n) is 12.8. The Balaban J connectivity index is 2.99. The summed E-state index contributed by atoms with van der Waals surface area (Å²) in [7, 11) is 0. The van der Waals surface area contributed by atoms with Gasteiger partial charge in [-0.1, -0.05) is 0 Å². The maximum absolute atomic E-state index is 13.4. The van der Waals surface area contributed by atoms with Crippen LogP contribution in [0.3, 0.4) is 0 Å². The summed E-state index contributed by atoms with van der Waals surface area (Å²) in [5, 5.41) is 16.5. The van der Waals surface area contributed by atoms with E-state index < -0.39 is 28.0 Å². The van der Waals surface area contributed by atoms with Gasteiger partial charge in [0.1, 0.15) is 17.5 Å². The molecule has 1 rings (SSSR count). The Labute approximate surface area is 122 Å². The topological polar surface area (TPSA) is 84.3 Å². The van der Waals surface area contributed by atoms with Crippen LogP contribution in [0.2, 0.25) is 0 Å². The number of halogens is 1. The van der Waals surface area contributed by atoms with Crippen molar-refractivity contribution < 1.29 is 14.1 Å². The Bertz CT molecular complexity index is 567. The van der Waals surface area contributed by atoms with E-state index in [0.29, 0.717) is 0 Å². The fourth-order valence-corrected chi connectivity index (χ4v) is 1.71. The number of nitrogens with one attached hydrogen (secondary N) is 2. The lowest BCUT2D eigenvalue weighted by molar-refractivity contribution is -0.384. The number of nitro benzene ring substituents is 1. The van der Waals surface area contributed by atoms with Gasteiger partial charge in [-0.15, -0.1) is 0 Å². The van der Waals surface area contributed by atoms with Crippen molar-refractivity contribution >= 4 is 17.3 Å². The standard InChI is InChI=1S/C14H20FN3O3/c1-8-6-11(12(18(20)21)7-10(8)15)16-9(2)13(19)17-14(3,4)5/h6-7,9,16H,1-5H3,(H,17,19). The number of nitro groups is 1. The lowest BCUT2D eigenvalue weighted by atomic mass is 10.1. The molecular formula is C14H20FN3O3. The molecule has 116 valence electrons. The zero-order valence-corrected chi connectivity index (χ0v) is 12.8. The van der Waals surface area contributed by atoms with Crippen LogP contribution in [-0.4, -0.2) is 22.4 Å². The molecule has 0 saturated carbocycles. The second-order valence-electron chi connectivity index (χ2n) is 5.98. The predicted molar refractivity (Wildman–Crippen MR) is 78.8 cm³/mol. The number of nitrogens with zero attached hydrogens (tertiary/aromatic N) is 1. The van der Waals surface area contributed by atoms with Crippen LogP contribution in [-0.2, 0) is 4.79 Å². The molecular weight excluding hydrogens is 277 g/mol. The summed E-state index contributed by atoms with van der Waals surface area (Å²) in [4.78, 5) is 22.3. The van der Waals surface area contributed by atoms with Crippen molar-refractivity contribution in [3.8, 4) is 0 Å². The van der Waals surface area contributed by atoms with Crippen molar-refractivity contribution in [1.82, 2.24) is 5.32 Å². The fourth-order valence-electron chi connectivity index (χ4n) is 1.71. The Morgan fingerprint density at radius 2 is 1.95 bits per heavy atom. The number of hydrogen-bond donors (Lipinski definition) is 2. The molecule has 1 amide bonds. The molecule has 0 bridgehead atoms. The molecule has 1 aromatic carbocycles. The van der Waals surface area contributed by atoms with Gasteiger partial charge >= 0.3 is 0 Å². The number of rotatable bonds is 4. The van der Waals surface area contributed by atoms with Gasteiger partial charge in [-0.25, -0.2) is 4.39 Å². The van der Waals surface area contributed by atoms with E-state index in [4.69, 9.17) is 0 Å². The summed E-state index contributed by atoms with van der Waals surface area (Å²) >= 11 is 0. The summed E-state index contributed by atoms with van der Waals surface area (Å²) in [5.74, 6) is -0.946. The number of aryl methyl sites for hydroxylation is 1. The highest BCUT2D eigenvalue weighted by atomic mass is 19.1. The van der Waals surface area contributed by atoms with Gasteiger partial charge < -0.3 is 10.6 Å². The first-order chi connectivity index (χ1) is 9.51. The van der Waals surface area contributed by atoms with Crippen LogP contribution in [0.25, 0.3) is 0 Å². The third-order valence-corrected chi connectivity index (χ3v) is 2.74. The number of amides is 1. The molecule has 0 radical (unpaired) electrons. The number of carbonyl (C=O) groups is 1. The third kappa shape index (κ3) is 4.70. The van der Waals surface area contributed by atoms with Crippen LogP contribution in [0.5, 0.6) is 0 Å². The number of benzene rings is 1. The van der Waals surface area contributed by atoms with Crippen LogP contribution >= 0.6 is 0 Å². The Morgan fingerprint density at radius 3 is 2.43 bits per heavy atom. The van der Waals surface area contributed by atoms with Crippen LogP contribution in [0.4, 0.5) is 15.8 Å². The molecule has 2 N–H and O–H groups in total. The lowest BCUT2D eigenvalue weighted by Crippen LogP contribution is -2.47. The van der Waals surface area contributed by atoms with Gasteiger partial charge in [0.05, 0.1) is 11.0 Å². The number of anilines is 1. The second-order valence-corrected chi connectivity index (χ2v) is 5.98. The first kappa shape index (κ1) is 16.9. The molecule has 21 heavy (non-hydrogen) atoms.